The fourth-order valence-electron chi connectivity index (χ4n) is 2.94. The topological polar surface area (TPSA) is 41.5 Å². The summed E-state index contributed by atoms with van der Waals surface area (Å²) in [5.74, 6) is 0.815. The molecule has 0 spiro atoms. The molecule has 1 fully saturated rings. The molecule has 1 aromatic carbocycles. The number of rotatable bonds is 6. The second-order valence-corrected chi connectivity index (χ2v) is 5.97. The average Bonchev–Trinajstić information content (AvgIpc) is 2.46. The molecule has 2 N–H and O–H groups in total. The first-order chi connectivity index (χ1) is 9.63. The van der Waals surface area contributed by atoms with Crippen molar-refractivity contribution in [2.24, 2.45) is 0 Å². The lowest BCUT2D eigenvalue weighted by Gasteiger charge is -2.32. The molecule has 1 aromatic rings. The van der Waals surface area contributed by atoms with Crippen LogP contribution in [0.3, 0.4) is 0 Å². The Morgan fingerprint density at radius 2 is 2.15 bits per heavy atom. The molecular weight excluding hydrogens is 250 g/mol. The lowest BCUT2D eigenvalue weighted by Crippen LogP contribution is -2.39. The van der Waals surface area contributed by atoms with Gasteiger partial charge in [0.15, 0.2) is 0 Å². The predicted octanol–water partition coefficient (Wildman–Crippen LogP) is 3.22. The number of hydrogen-bond acceptors (Lipinski definition) is 3. The zero-order valence-corrected chi connectivity index (χ0v) is 12.7. The van der Waals surface area contributed by atoms with Gasteiger partial charge in [-0.25, -0.2) is 0 Å². The molecule has 0 aromatic heterocycles. The third kappa shape index (κ3) is 3.97. The highest BCUT2D eigenvalue weighted by atomic mass is 16.5. The summed E-state index contributed by atoms with van der Waals surface area (Å²) >= 11 is 0. The third-order valence-electron chi connectivity index (χ3n) is 3.99. The van der Waals surface area contributed by atoms with Gasteiger partial charge in [-0.2, -0.15) is 0 Å². The minimum atomic E-state index is -0.848. The van der Waals surface area contributed by atoms with Crippen LogP contribution in [-0.2, 0) is 5.60 Å². The van der Waals surface area contributed by atoms with Crippen molar-refractivity contribution in [2.75, 3.05) is 13.2 Å². The van der Waals surface area contributed by atoms with Crippen LogP contribution in [-0.4, -0.2) is 24.3 Å². The van der Waals surface area contributed by atoms with Crippen molar-refractivity contribution in [3.63, 3.8) is 0 Å². The summed E-state index contributed by atoms with van der Waals surface area (Å²) in [5.41, 5.74) is 0.0557. The van der Waals surface area contributed by atoms with E-state index in [9.17, 15) is 5.11 Å². The molecule has 1 heterocycles. The minimum absolute atomic E-state index is 0.401. The summed E-state index contributed by atoms with van der Waals surface area (Å²) in [6.45, 7) is 5.74. The maximum absolute atomic E-state index is 10.9. The molecule has 1 aliphatic heterocycles. The van der Waals surface area contributed by atoms with Gasteiger partial charge >= 0.3 is 0 Å². The van der Waals surface area contributed by atoms with Crippen molar-refractivity contribution in [2.45, 2.75) is 57.6 Å². The van der Waals surface area contributed by atoms with Gasteiger partial charge in [0.05, 0.1) is 12.2 Å². The van der Waals surface area contributed by atoms with E-state index in [0.717, 1.165) is 37.1 Å². The summed E-state index contributed by atoms with van der Waals surface area (Å²) in [4.78, 5) is 0. The number of hydrogen-bond donors (Lipinski definition) is 2. The van der Waals surface area contributed by atoms with Gasteiger partial charge in [0.1, 0.15) is 5.75 Å². The van der Waals surface area contributed by atoms with Gasteiger partial charge in [-0.15, -0.1) is 0 Å². The highest BCUT2D eigenvalue weighted by molar-refractivity contribution is 5.37. The standard InChI is InChI=1S/C17H27NO2/c1-3-12-20-16-10-5-4-9-15(16)17(2,19)13-14-8-6-7-11-18-14/h4-5,9-10,14,18-19H,3,6-8,11-13H2,1-2H3. The highest BCUT2D eigenvalue weighted by Crippen LogP contribution is 2.34. The summed E-state index contributed by atoms with van der Waals surface area (Å²) in [6, 6.07) is 8.26. The molecule has 0 radical (unpaired) electrons. The van der Waals surface area contributed by atoms with Crippen molar-refractivity contribution in [3.8, 4) is 5.75 Å². The summed E-state index contributed by atoms with van der Waals surface area (Å²) in [6.07, 6.45) is 5.35. The van der Waals surface area contributed by atoms with Crippen LogP contribution in [0.5, 0.6) is 5.75 Å². The number of nitrogens with one attached hydrogen (secondary N) is 1. The lowest BCUT2D eigenvalue weighted by molar-refractivity contribution is 0.0304. The van der Waals surface area contributed by atoms with Gasteiger partial charge in [0.25, 0.3) is 0 Å². The van der Waals surface area contributed by atoms with Crippen LogP contribution >= 0.6 is 0 Å². The molecule has 2 atom stereocenters. The Hall–Kier alpha value is -1.06. The van der Waals surface area contributed by atoms with Crippen LogP contribution in [0.25, 0.3) is 0 Å². The Kier molecular flexibility index (Phi) is 5.44. The van der Waals surface area contributed by atoms with Gasteiger partial charge in [-0.3, -0.25) is 0 Å². The first-order valence-corrected chi connectivity index (χ1v) is 7.81. The molecule has 0 amide bonds. The first kappa shape index (κ1) is 15.3. The van der Waals surface area contributed by atoms with E-state index in [4.69, 9.17) is 4.74 Å². The molecule has 112 valence electrons. The van der Waals surface area contributed by atoms with Crippen LogP contribution in [0.4, 0.5) is 0 Å². The normalized spacial score (nSPS) is 22.2. The van der Waals surface area contributed by atoms with Crippen LogP contribution in [0, 0.1) is 0 Å². The van der Waals surface area contributed by atoms with Gasteiger partial charge in [0, 0.05) is 11.6 Å². The summed E-state index contributed by atoms with van der Waals surface area (Å²) < 4.78 is 5.78. The van der Waals surface area contributed by atoms with Crippen LogP contribution in [0.15, 0.2) is 24.3 Å². The quantitative estimate of drug-likeness (QED) is 0.839. The van der Waals surface area contributed by atoms with Gasteiger partial charge in [-0.05, 0) is 45.2 Å². The smallest absolute Gasteiger partial charge is 0.125 e. The van der Waals surface area contributed by atoms with E-state index < -0.39 is 5.60 Å². The fourth-order valence-corrected chi connectivity index (χ4v) is 2.94. The monoisotopic (exact) mass is 277 g/mol. The van der Waals surface area contributed by atoms with E-state index >= 15 is 0 Å². The third-order valence-corrected chi connectivity index (χ3v) is 3.99. The summed E-state index contributed by atoms with van der Waals surface area (Å²) in [7, 11) is 0. The largest absolute Gasteiger partial charge is 0.493 e. The predicted molar refractivity (Wildman–Crippen MR) is 82.1 cm³/mol. The molecular formula is C17H27NO2. The van der Waals surface area contributed by atoms with E-state index in [0.29, 0.717) is 12.6 Å². The molecule has 1 saturated heterocycles. The highest BCUT2D eigenvalue weighted by Gasteiger charge is 2.30. The van der Waals surface area contributed by atoms with Crippen molar-refractivity contribution in [1.29, 1.82) is 0 Å². The Labute approximate surface area is 122 Å². The van der Waals surface area contributed by atoms with Gasteiger partial charge in [-0.1, -0.05) is 31.5 Å². The second kappa shape index (κ2) is 7.09. The van der Waals surface area contributed by atoms with Crippen molar-refractivity contribution < 1.29 is 9.84 Å². The van der Waals surface area contributed by atoms with Crippen molar-refractivity contribution in [3.05, 3.63) is 29.8 Å². The summed E-state index contributed by atoms with van der Waals surface area (Å²) in [5, 5.41) is 14.4. The minimum Gasteiger partial charge on any atom is -0.493 e. The lowest BCUT2D eigenvalue weighted by atomic mass is 9.86. The number of benzene rings is 1. The number of aliphatic hydroxyl groups is 1. The zero-order valence-electron chi connectivity index (χ0n) is 12.7. The Morgan fingerprint density at radius 1 is 1.35 bits per heavy atom. The number of piperidine rings is 1. The molecule has 0 aliphatic carbocycles. The van der Waals surface area contributed by atoms with E-state index in [2.05, 4.69) is 12.2 Å². The molecule has 3 heteroatoms. The molecule has 0 saturated carbocycles. The van der Waals surface area contributed by atoms with E-state index in [1.807, 2.05) is 31.2 Å². The van der Waals surface area contributed by atoms with Crippen molar-refractivity contribution >= 4 is 0 Å². The maximum atomic E-state index is 10.9. The molecule has 3 nitrogen and oxygen atoms in total. The zero-order chi connectivity index (χ0) is 14.4. The molecule has 2 unspecified atom stereocenters. The van der Waals surface area contributed by atoms with Crippen LogP contribution in [0.2, 0.25) is 0 Å². The van der Waals surface area contributed by atoms with E-state index in [1.165, 1.54) is 12.8 Å². The van der Waals surface area contributed by atoms with Crippen LogP contribution in [0.1, 0.15) is 51.5 Å². The maximum Gasteiger partial charge on any atom is 0.125 e. The van der Waals surface area contributed by atoms with Gasteiger partial charge in [0.2, 0.25) is 0 Å². The molecule has 2 rings (SSSR count). The Balaban J connectivity index is 2.10. The average molecular weight is 277 g/mol. The SMILES string of the molecule is CCCOc1ccccc1C(C)(O)CC1CCCCN1. The first-order valence-electron chi connectivity index (χ1n) is 7.81. The van der Waals surface area contributed by atoms with Crippen molar-refractivity contribution in [1.82, 2.24) is 5.32 Å². The van der Waals surface area contributed by atoms with Gasteiger partial charge < -0.3 is 15.2 Å². The Morgan fingerprint density at radius 3 is 2.85 bits per heavy atom. The molecule has 1 aliphatic rings. The molecule has 0 bridgehead atoms. The Bertz CT molecular complexity index is 411. The van der Waals surface area contributed by atoms with E-state index in [-0.39, 0.29) is 0 Å². The molecule has 20 heavy (non-hydrogen) atoms. The number of para-hydroxylation sites is 1. The second-order valence-electron chi connectivity index (χ2n) is 5.97. The van der Waals surface area contributed by atoms with E-state index in [1.54, 1.807) is 0 Å². The van der Waals surface area contributed by atoms with Crippen LogP contribution < -0.4 is 10.1 Å². The number of ether oxygens (including phenoxy) is 1. The fraction of sp³-hybridized carbons (Fsp3) is 0.647.